The molecule has 0 aromatic heterocycles. The Morgan fingerprint density at radius 1 is 1.41 bits per heavy atom. The van der Waals surface area contributed by atoms with E-state index in [9.17, 15) is 4.39 Å². The zero-order valence-electron chi connectivity index (χ0n) is 10.5. The van der Waals surface area contributed by atoms with Gasteiger partial charge in [0.15, 0.2) is 0 Å². The van der Waals surface area contributed by atoms with Crippen LogP contribution in [0.1, 0.15) is 25.5 Å². The van der Waals surface area contributed by atoms with Gasteiger partial charge in [0, 0.05) is 30.2 Å². The van der Waals surface area contributed by atoms with Gasteiger partial charge >= 0.3 is 0 Å². The first-order chi connectivity index (χ1) is 8.08. The molecule has 0 bridgehead atoms. The Bertz CT molecular complexity index is 357. The van der Waals surface area contributed by atoms with Crippen LogP contribution in [0.25, 0.3) is 0 Å². The molecule has 0 heterocycles. The van der Waals surface area contributed by atoms with Crippen LogP contribution < -0.4 is 10.1 Å². The maximum Gasteiger partial charge on any atom is 0.131 e. The van der Waals surface area contributed by atoms with Crippen LogP contribution in [0.2, 0.25) is 0 Å². The van der Waals surface area contributed by atoms with Crippen LogP contribution in [0.4, 0.5) is 4.39 Å². The van der Waals surface area contributed by atoms with Crippen LogP contribution in [0, 0.1) is 11.7 Å². The molecular weight excluding hydrogens is 221 g/mol. The van der Waals surface area contributed by atoms with Crippen molar-refractivity contribution in [3.05, 3.63) is 29.6 Å². The van der Waals surface area contributed by atoms with E-state index in [4.69, 9.17) is 9.84 Å². The number of benzene rings is 1. The van der Waals surface area contributed by atoms with E-state index < -0.39 is 0 Å². The maximum atomic E-state index is 13.7. The quantitative estimate of drug-likeness (QED) is 0.801. The molecule has 0 aliphatic carbocycles. The smallest absolute Gasteiger partial charge is 0.131 e. The molecule has 1 rings (SSSR count). The van der Waals surface area contributed by atoms with Crippen LogP contribution in [0.3, 0.4) is 0 Å². The first-order valence-electron chi connectivity index (χ1n) is 5.78. The predicted molar refractivity (Wildman–Crippen MR) is 65.6 cm³/mol. The number of aliphatic hydroxyl groups is 1. The van der Waals surface area contributed by atoms with E-state index >= 15 is 0 Å². The largest absolute Gasteiger partial charge is 0.493 e. The summed E-state index contributed by atoms with van der Waals surface area (Å²) in [5.74, 6) is 0.268. The summed E-state index contributed by atoms with van der Waals surface area (Å²) in [6, 6.07) is 4.82. The van der Waals surface area contributed by atoms with Crippen molar-refractivity contribution in [2.75, 3.05) is 20.3 Å². The number of hydrogen-bond acceptors (Lipinski definition) is 3. The zero-order chi connectivity index (χ0) is 12.8. The third kappa shape index (κ3) is 3.98. The second-order valence-electron chi connectivity index (χ2n) is 4.29. The lowest BCUT2D eigenvalue weighted by molar-refractivity contribution is 0.174. The molecule has 0 spiro atoms. The van der Waals surface area contributed by atoms with Gasteiger partial charge in [0.05, 0.1) is 6.61 Å². The number of ether oxygens (including phenoxy) is 1. The summed E-state index contributed by atoms with van der Waals surface area (Å²) in [4.78, 5) is 0. The Morgan fingerprint density at radius 2 is 2.12 bits per heavy atom. The minimum Gasteiger partial charge on any atom is -0.493 e. The summed E-state index contributed by atoms with van der Waals surface area (Å²) < 4.78 is 19.1. The van der Waals surface area contributed by atoms with Gasteiger partial charge in [-0.2, -0.15) is 0 Å². The normalized spacial score (nSPS) is 14.4. The van der Waals surface area contributed by atoms with E-state index in [-0.39, 0.29) is 24.4 Å². The molecule has 0 saturated heterocycles. The first-order valence-corrected chi connectivity index (χ1v) is 5.78. The fourth-order valence-electron chi connectivity index (χ4n) is 1.40. The molecule has 0 saturated carbocycles. The highest BCUT2D eigenvalue weighted by Gasteiger charge is 2.10. The van der Waals surface area contributed by atoms with Gasteiger partial charge in [-0.15, -0.1) is 0 Å². The summed E-state index contributed by atoms with van der Waals surface area (Å²) in [6.45, 7) is 4.22. The van der Waals surface area contributed by atoms with Gasteiger partial charge in [0.1, 0.15) is 11.6 Å². The second kappa shape index (κ2) is 6.57. The molecule has 0 fully saturated rings. The van der Waals surface area contributed by atoms with Crippen molar-refractivity contribution in [3.63, 3.8) is 0 Å². The number of halogens is 1. The summed E-state index contributed by atoms with van der Waals surface area (Å²) in [7, 11) is 1.79. The molecule has 0 amide bonds. The van der Waals surface area contributed by atoms with E-state index in [0.717, 1.165) is 0 Å². The molecule has 96 valence electrons. The van der Waals surface area contributed by atoms with Crippen LogP contribution >= 0.6 is 0 Å². The summed E-state index contributed by atoms with van der Waals surface area (Å²) >= 11 is 0. The standard InChI is InChI=1S/C13H20FNO2/c1-9(7-16)8-17-11-4-5-12(10(2)15-3)13(14)6-11/h4-6,9-10,15-16H,7-8H2,1-3H3. The molecule has 1 aromatic rings. The third-order valence-corrected chi connectivity index (χ3v) is 2.72. The molecule has 17 heavy (non-hydrogen) atoms. The number of aliphatic hydroxyl groups excluding tert-OH is 1. The summed E-state index contributed by atoms with van der Waals surface area (Å²) in [6.07, 6.45) is 0. The van der Waals surface area contributed by atoms with Crippen molar-refractivity contribution in [1.82, 2.24) is 5.32 Å². The van der Waals surface area contributed by atoms with Gasteiger partial charge in [-0.25, -0.2) is 4.39 Å². The fourth-order valence-corrected chi connectivity index (χ4v) is 1.40. The molecule has 0 aliphatic rings. The van der Waals surface area contributed by atoms with Gasteiger partial charge in [0.2, 0.25) is 0 Å². The molecule has 3 nitrogen and oxygen atoms in total. The van der Waals surface area contributed by atoms with Crippen molar-refractivity contribution in [2.24, 2.45) is 5.92 Å². The average Bonchev–Trinajstić information content (AvgIpc) is 2.35. The lowest BCUT2D eigenvalue weighted by atomic mass is 10.1. The van der Waals surface area contributed by atoms with Crippen molar-refractivity contribution in [3.8, 4) is 5.75 Å². The highest BCUT2D eigenvalue weighted by molar-refractivity contribution is 5.30. The van der Waals surface area contributed by atoms with Crippen molar-refractivity contribution < 1.29 is 14.2 Å². The van der Waals surface area contributed by atoms with Gasteiger partial charge < -0.3 is 15.2 Å². The maximum absolute atomic E-state index is 13.7. The highest BCUT2D eigenvalue weighted by Crippen LogP contribution is 2.21. The Kier molecular flexibility index (Phi) is 5.38. The van der Waals surface area contributed by atoms with Crippen molar-refractivity contribution in [2.45, 2.75) is 19.9 Å². The summed E-state index contributed by atoms with van der Waals surface area (Å²) in [5, 5.41) is 11.8. The van der Waals surface area contributed by atoms with Crippen LogP contribution in [0.5, 0.6) is 5.75 Å². The molecule has 1 aromatic carbocycles. The van der Waals surface area contributed by atoms with Gasteiger partial charge in [-0.3, -0.25) is 0 Å². The average molecular weight is 241 g/mol. The van der Waals surface area contributed by atoms with E-state index in [1.165, 1.54) is 6.07 Å². The van der Waals surface area contributed by atoms with Crippen LogP contribution in [0.15, 0.2) is 18.2 Å². The Labute approximate surface area is 102 Å². The SMILES string of the molecule is CNC(C)c1ccc(OCC(C)CO)cc1F. The van der Waals surface area contributed by atoms with E-state index in [2.05, 4.69) is 5.32 Å². The van der Waals surface area contributed by atoms with Crippen LogP contribution in [-0.4, -0.2) is 25.4 Å². The van der Waals surface area contributed by atoms with Gasteiger partial charge in [-0.05, 0) is 20.0 Å². The molecule has 0 radical (unpaired) electrons. The Morgan fingerprint density at radius 3 is 2.65 bits per heavy atom. The van der Waals surface area contributed by atoms with E-state index in [1.54, 1.807) is 19.2 Å². The fraction of sp³-hybridized carbons (Fsp3) is 0.538. The minimum absolute atomic E-state index is 0.0274. The molecule has 4 heteroatoms. The second-order valence-corrected chi connectivity index (χ2v) is 4.29. The molecule has 2 unspecified atom stereocenters. The molecular formula is C13H20FNO2. The number of hydrogen-bond donors (Lipinski definition) is 2. The number of rotatable bonds is 6. The minimum atomic E-state index is -0.277. The third-order valence-electron chi connectivity index (χ3n) is 2.72. The topological polar surface area (TPSA) is 41.5 Å². The first kappa shape index (κ1) is 13.9. The molecule has 0 aliphatic heterocycles. The Balaban J connectivity index is 2.68. The lowest BCUT2D eigenvalue weighted by Gasteiger charge is -2.14. The van der Waals surface area contributed by atoms with Crippen molar-refractivity contribution in [1.29, 1.82) is 0 Å². The van der Waals surface area contributed by atoms with E-state index in [1.807, 2.05) is 13.8 Å². The van der Waals surface area contributed by atoms with Gasteiger partial charge in [-0.1, -0.05) is 13.0 Å². The van der Waals surface area contributed by atoms with Gasteiger partial charge in [0.25, 0.3) is 0 Å². The lowest BCUT2D eigenvalue weighted by Crippen LogP contribution is -2.15. The van der Waals surface area contributed by atoms with Crippen molar-refractivity contribution >= 4 is 0 Å². The Hall–Kier alpha value is -1.13. The highest BCUT2D eigenvalue weighted by atomic mass is 19.1. The monoisotopic (exact) mass is 241 g/mol. The number of nitrogens with one attached hydrogen (secondary N) is 1. The molecule has 2 atom stereocenters. The zero-order valence-corrected chi connectivity index (χ0v) is 10.5. The predicted octanol–water partition coefficient (Wildman–Crippen LogP) is 2.11. The van der Waals surface area contributed by atoms with Crippen LogP contribution in [-0.2, 0) is 0 Å². The summed E-state index contributed by atoms with van der Waals surface area (Å²) in [5.41, 5.74) is 0.620. The van der Waals surface area contributed by atoms with E-state index in [0.29, 0.717) is 17.9 Å². The molecule has 2 N–H and O–H groups in total.